The third-order valence-electron chi connectivity index (χ3n) is 2.45. The first-order chi connectivity index (χ1) is 8.59. The predicted molar refractivity (Wildman–Crippen MR) is 56.3 cm³/mol. The summed E-state index contributed by atoms with van der Waals surface area (Å²) in [5, 5.41) is 10.3. The van der Waals surface area contributed by atoms with E-state index in [9.17, 15) is 27.2 Å². The van der Waals surface area contributed by atoms with Gasteiger partial charge in [-0.2, -0.15) is 0 Å². The molecule has 0 aliphatic rings. The monoisotopic (exact) mass is 279 g/mol. The van der Waals surface area contributed by atoms with Gasteiger partial charge in [-0.15, -0.1) is 0 Å². The van der Waals surface area contributed by atoms with Gasteiger partial charge in [-0.3, -0.25) is 9.59 Å². The van der Waals surface area contributed by atoms with Crippen molar-refractivity contribution in [1.29, 1.82) is 0 Å². The van der Waals surface area contributed by atoms with Gasteiger partial charge in [-0.1, -0.05) is 0 Å². The van der Waals surface area contributed by atoms with Gasteiger partial charge in [-0.05, 0) is 13.8 Å². The molecule has 0 atom stereocenters. The maximum absolute atomic E-state index is 13.2. The first-order valence-corrected chi connectivity index (χ1v) is 4.97. The fraction of sp³-hybridized carbons (Fsp3) is 0.273. The van der Waals surface area contributed by atoms with E-state index in [1.165, 1.54) is 5.32 Å². The Hall–Kier alpha value is -2.12. The number of aliphatic carboxylic acids is 1. The highest BCUT2D eigenvalue weighted by atomic mass is 19.2. The molecule has 0 spiro atoms. The number of nitrogens with one attached hydrogen (secondary N) is 1. The topological polar surface area (TPSA) is 66.4 Å². The molecule has 0 bridgehead atoms. The fourth-order valence-corrected chi connectivity index (χ4v) is 1.05. The summed E-state index contributed by atoms with van der Waals surface area (Å²) in [6.07, 6.45) is 0. The zero-order valence-electron chi connectivity index (χ0n) is 9.85. The molecule has 104 valence electrons. The molecule has 4 nitrogen and oxygen atoms in total. The lowest BCUT2D eigenvalue weighted by atomic mass is 9.92. The Balaban J connectivity index is 3.21. The van der Waals surface area contributed by atoms with Crippen molar-refractivity contribution in [3.05, 3.63) is 29.3 Å². The molecule has 0 unspecified atom stereocenters. The van der Waals surface area contributed by atoms with Gasteiger partial charge in [-0.25, -0.2) is 17.6 Å². The number of carbonyl (C=O) groups excluding carboxylic acids is 1. The molecule has 0 fully saturated rings. The number of hydrogen-bond donors (Lipinski definition) is 2. The van der Waals surface area contributed by atoms with E-state index >= 15 is 0 Å². The van der Waals surface area contributed by atoms with Crippen LogP contribution in [0.3, 0.4) is 0 Å². The van der Waals surface area contributed by atoms with E-state index in [1.54, 1.807) is 0 Å². The minimum absolute atomic E-state index is 0.0251. The lowest BCUT2D eigenvalue weighted by Crippen LogP contribution is -2.38. The first kappa shape index (κ1) is 14.9. The maximum atomic E-state index is 13.2. The Morgan fingerprint density at radius 2 is 1.53 bits per heavy atom. The quantitative estimate of drug-likeness (QED) is 0.507. The van der Waals surface area contributed by atoms with Gasteiger partial charge in [0.15, 0.2) is 23.3 Å². The highest BCUT2D eigenvalue weighted by molar-refractivity contribution is 6.07. The number of anilines is 1. The van der Waals surface area contributed by atoms with E-state index in [2.05, 4.69) is 0 Å². The molecule has 8 heteroatoms. The van der Waals surface area contributed by atoms with Gasteiger partial charge >= 0.3 is 5.97 Å². The highest BCUT2D eigenvalue weighted by Crippen LogP contribution is 2.26. The third-order valence-corrected chi connectivity index (χ3v) is 2.45. The number of carboxylic acids is 1. The van der Waals surface area contributed by atoms with Gasteiger partial charge in [0.05, 0.1) is 0 Å². The van der Waals surface area contributed by atoms with Gasteiger partial charge in [0, 0.05) is 6.07 Å². The Morgan fingerprint density at radius 3 is 1.89 bits per heavy atom. The summed E-state index contributed by atoms with van der Waals surface area (Å²) in [5.41, 5.74) is -3.39. The van der Waals surface area contributed by atoms with Crippen LogP contribution in [-0.2, 0) is 9.59 Å². The maximum Gasteiger partial charge on any atom is 0.318 e. The van der Waals surface area contributed by atoms with E-state index in [1.807, 2.05) is 0 Å². The molecule has 1 amide bonds. The number of hydrogen-bond acceptors (Lipinski definition) is 2. The van der Waals surface area contributed by atoms with E-state index in [0.717, 1.165) is 13.8 Å². The molecular weight excluding hydrogens is 270 g/mol. The molecular formula is C11H9F4NO3. The molecule has 1 aromatic carbocycles. The predicted octanol–water partition coefficient (Wildman–Crippen LogP) is 2.29. The van der Waals surface area contributed by atoms with Crippen molar-refractivity contribution in [2.75, 3.05) is 5.32 Å². The molecule has 0 heterocycles. The third kappa shape index (κ3) is 2.67. The number of halogens is 4. The molecule has 0 aromatic heterocycles. The molecule has 19 heavy (non-hydrogen) atoms. The van der Waals surface area contributed by atoms with E-state index < -0.39 is 46.2 Å². The molecule has 1 aromatic rings. The molecule has 0 radical (unpaired) electrons. The zero-order valence-corrected chi connectivity index (χ0v) is 9.85. The molecule has 2 N–H and O–H groups in total. The summed E-state index contributed by atoms with van der Waals surface area (Å²) in [6.45, 7) is 1.94. The number of rotatable bonds is 3. The first-order valence-electron chi connectivity index (χ1n) is 4.97. The number of carbonyl (C=O) groups is 2. The summed E-state index contributed by atoms with van der Waals surface area (Å²) >= 11 is 0. The molecule has 0 saturated heterocycles. The average Bonchev–Trinajstić information content (AvgIpc) is 2.31. The van der Waals surface area contributed by atoms with Crippen LogP contribution in [0.15, 0.2) is 6.07 Å². The molecule has 1 rings (SSSR count). The number of carboxylic acid groups (broad SMARTS) is 1. The van der Waals surface area contributed by atoms with Gasteiger partial charge in [0.2, 0.25) is 5.91 Å². The summed E-state index contributed by atoms with van der Waals surface area (Å²) in [5.74, 6) is -9.92. The second kappa shape index (κ2) is 4.87. The summed E-state index contributed by atoms with van der Waals surface area (Å²) < 4.78 is 52.2. The van der Waals surface area contributed by atoms with Crippen LogP contribution in [0, 0.1) is 28.7 Å². The van der Waals surface area contributed by atoms with Crippen LogP contribution in [0.1, 0.15) is 13.8 Å². The lowest BCUT2D eigenvalue weighted by Gasteiger charge is -2.19. The van der Waals surface area contributed by atoms with Crippen molar-refractivity contribution in [3.8, 4) is 0 Å². The van der Waals surface area contributed by atoms with Crippen LogP contribution in [0.25, 0.3) is 0 Å². The van der Waals surface area contributed by atoms with Crippen molar-refractivity contribution in [1.82, 2.24) is 0 Å². The van der Waals surface area contributed by atoms with Crippen LogP contribution < -0.4 is 5.32 Å². The Labute approximate surface area is 105 Å². The van der Waals surface area contributed by atoms with Crippen molar-refractivity contribution >= 4 is 17.6 Å². The smallest absolute Gasteiger partial charge is 0.318 e. The van der Waals surface area contributed by atoms with Crippen molar-refractivity contribution in [3.63, 3.8) is 0 Å². The van der Waals surface area contributed by atoms with Crippen LogP contribution in [0.5, 0.6) is 0 Å². The second-order valence-electron chi connectivity index (χ2n) is 4.23. The summed E-state index contributed by atoms with van der Waals surface area (Å²) in [4.78, 5) is 22.3. The highest BCUT2D eigenvalue weighted by Gasteiger charge is 2.37. The Bertz CT molecular complexity index is 531. The van der Waals surface area contributed by atoms with E-state index in [0.29, 0.717) is 0 Å². The van der Waals surface area contributed by atoms with E-state index in [-0.39, 0.29) is 6.07 Å². The van der Waals surface area contributed by atoms with Crippen LogP contribution in [0.4, 0.5) is 23.2 Å². The van der Waals surface area contributed by atoms with E-state index in [4.69, 9.17) is 5.11 Å². The van der Waals surface area contributed by atoms with Gasteiger partial charge in [0.25, 0.3) is 0 Å². The second-order valence-corrected chi connectivity index (χ2v) is 4.23. The van der Waals surface area contributed by atoms with Gasteiger partial charge < -0.3 is 10.4 Å². The molecule has 0 aliphatic heterocycles. The number of amides is 1. The Kier molecular flexibility index (Phi) is 3.83. The minimum Gasteiger partial charge on any atom is -0.480 e. The van der Waals surface area contributed by atoms with Crippen LogP contribution in [0.2, 0.25) is 0 Å². The molecule has 0 aliphatic carbocycles. The minimum atomic E-state index is -2.03. The lowest BCUT2D eigenvalue weighted by molar-refractivity contribution is -0.151. The van der Waals surface area contributed by atoms with Gasteiger partial charge in [0.1, 0.15) is 11.1 Å². The average molecular weight is 279 g/mol. The van der Waals surface area contributed by atoms with Crippen molar-refractivity contribution in [2.24, 2.45) is 5.41 Å². The summed E-state index contributed by atoms with van der Waals surface area (Å²) in [7, 11) is 0. The standard InChI is InChI=1S/C11H9F4NO3/c1-11(2,10(18)19)9(17)16-8-6(14)4(12)3-5(13)7(8)15/h3H,1-2H3,(H,16,17)(H,18,19). The zero-order chi connectivity index (χ0) is 15.0. The largest absolute Gasteiger partial charge is 0.480 e. The SMILES string of the molecule is CC(C)(C(=O)O)C(=O)Nc1c(F)c(F)cc(F)c1F. The van der Waals surface area contributed by atoms with Crippen LogP contribution >= 0.6 is 0 Å². The van der Waals surface area contributed by atoms with Crippen molar-refractivity contribution in [2.45, 2.75) is 13.8 Å². The Morgan fingerprint density at radius 1 is 1.11 bits per heavy atom. The fourth-order valence-electron chi connectivity index (χ4n) is 1.05. The number of benzene rings is 1. The van der Waals surface area contributed by atoms with Crippen LogP contribution in [-0.4, -0.2) is 17.0 Å². The van der Waals surface area contributed by atoms with Crippen molar-refractivity contribution < 1.29 is 32.3 Å². The summed E-state index contributed by atoms with van der Waals surface area (Å²) in [6, 6.07) is -0.0251. The molecule has 0 saturated carbocycles. The normalized spacial score (nSPS) is 11.3.